The van der Waals surface area contributed by atoms with E-state index in [9.17, 15) is 4.79 Å². The van der Waals surface area contributed by atoms with E-state index in [0.717, 1.165) is 19.3 Å². The molecule has 0 rings (SSSR count). The fourth-order valence-electron chi connectivity index (χ4n) is 3.39. The van der Waals surface area contributed by atoms with Crippen LogP contribution in [-0.4, -0.2) is 12.1 Å². The smallest absolute Gasteiger partial charge is 0.306 e. The molecule has 0 aliphatic heterocycles. The van der Waals surface area contributed by atoms with E-state index < -0.39 is 0 Å². The summed E-state index contributed by atoms with van der Waals surface area (Å²) in [7, 11) is 0. The van der Waals surface area contributed by atoms with Crippen LogP contribution in [-0.2, 0) is 9.53 Å². The number of hydrogen-bond acceptors (Lipinski definition) is 2. The summed E-state index contributed by atoms with van der Waals surface area (Å²) >= 11 is 0. The Morgan fingerprint density at radius 1 is 0.640 bits per heavy atom. The van der Waals surface area contributed by atoms with Crippen LogP contribution in [0.4, 0.5) is 0 Å². The van der Waals surface area contributed by atoms with E-state index in [1.54, 1.807) is 0 Å². The van der Waals surface area contributed by atoms with Crippen LogP contribution in [0.25, 0.3) is 0 Å². The Labute approximate surface area is 158 Å². The first-order chi connectivity index (χ1) is 12.2. The van der Waals surface area contributed by atoms with E-state index in [4.69, 9.17) is 4.74 Å². The Hall–Kier alpha value is -0.530. The van der Waals surface area contributed by atoms with Crippen molar-refractivity contribution in [3.05, 3.63) is 0 Å². The molecule has 2 heteroatoms. The Bertz CT molecular complexity index is 275. The number of unbranched alkanes of at least 4 members (excludes halogenated alkanes) is 14. The van der Waals surface area contributed by atoms with E-state index in [0.29, 0.717) is 6.42 Å². The van der Waals surface area contributed by atoms with Crippen LogP contribution in [0.3, 0.4) is 0 Å². The summed E-state index contributed by atoms with van der Waals surface area (Å²) in [6, 6.07) is 0. The lowest BCUT2D eigenvalue weighted by molar-refractivity contribution is -0.148. The van der Waals surface area contributed by atoms with Crippen molar-refractivity contribution in [2.24, 2.45) is 0 Å². The van der Waals surface area contributed by atoms with Gasteiger partial charge in [0.1, 0.15) is 0 Å². The van der Waals surface area contributed by atoms with Crippen molar-refractivity contribution in [2.45, 2.75) is 142 Å². The number of hydrogen-bond donors (Lipinski definition) is 0. The van der Waals surface area contributed by atoms with Crippen LogP contribution >= 0.6 is 0 Å². The van der Waals surface area contributed by atoms with Gasteiger partial charge in [0, 0.05) is 6.42 Å². The minimum atomic E-state index is -0.00403. The summed E-state index contributed by atoms with van der Waals surface area (Å²) in [5.74, 6) is -0.00403. The molecule has 0 aromatic carbocycles. The van der Waals surface area contributed by atoms with E-state index in [-0.39, 0.29) is 12.1 Å². The Kier molecular flexibility index (Phi) is 19.4. The molecule has 0 fully saturated rings. The minimum absolute atomic E-state index is 0.00403. The van der Waals surface area contributed by atoms with Crippen LogP contribution in [0.5, 0.6) is 0 Å². The normalized spacial score (nSPS) is 12.3. The first-order valence-corrected chi connectivity index (χ1v) is 11.4. The van der Waals surface area contributed by atoms with Gasteiger partial charge in [0.25, 0.3) is 0 Å². The molecule has 0 aromatic rings. The van der Waals surface area contributed by atoms with Gasteiger partial charge in [0.15, 0.2) is 0 Å². The zero-order chi connectivity index (χ0) is 18.6. The number of carbonyl (C=O) groups is 1. The molecule has 0 radical (unpaired) electrons. The van der Waals surface area contributed by atoms with E-state index >= 15 is 0 Å². The maximum Gasteiger partial charge on any atom is 0.306 e. The quantitative estimate of drug-likeness (QED) is 0.173. The fraction of sp³-hybridized carbons (Fsp3) is 0.957. The van der Waals surface area contributed by atoms with Crippen LogP contribution < -0.4 is 0 Å². The van der Waals surface area contributed by atoms with Gasteiger partial charge >= 0.3 is 5.97 Å². The second kappa shape index (κ2) is 19.8. The first-order valence-electron chi connectivity index (χ1n) is 11.4. The molecule has 0 amide bonds. The van der Waals surface area contributed by atoms with Crippen LogP contribution in [0.15, 0.2) is 0 Å². The van der Waals surface area contributed by atoms with Gasteiger partial charge in [-0.1, -0.05) is 110 Å². The third-order valence-electron chi connectivity index (χ3n) is 5.01. The minimum Gasteiger partial charge on any atom is -0.463 e. The monoisotopic (exact) mass is 354 g/mol. The molecule has 0 heterocycles. The molecule has 0 aliphatic rings. The Morgan fingerprint density at radius 2 is 1.04 bits per heavy atom. The van der Waals surface area contributed by atoms with Crippen LogP contribution in [0.2, 0.25) is 0 Å². The fourth-order valence-corrected chi connectivity index (χ4v) is 3.39. The summed E-state index contributed by atoms with van der Waals surface area (Å²) in [6.45, 7) is 6.40. The highest BCUT2D eigenvalue weighted by atomic mass is 16.5. The lowest BCUT2D eigenvalue weighted by Gasteiger charge is -2.11. The molecule has 25 heavy (non-hydrogen) atoms. The van der Waals surface area contributed by atoms with Crippen LogP contribution in [0, 0.1) is 0 Å². The van der Waals surface area contributed by atoms with Gasteiger partial charge in [-0.3, -0.25) is 4.79 Å². The largest absolute Gasteiger partial charge is 0.463 e. The van der Waals surface area contributed by atoms with Gasteiger partial charge in [-0.25, -0.2) is 0 Å². The zero-order valence-corrected chi connectivity index (χ0v) is 17.6. The predicted octanol–water partition coefficient (Wildman–Crippen LogP) is 7.98. The highest BCUT2D eigenvalue weighted by Crippen LogP contribution is 2.14. The molecule has 2 nitrogen and oxygen atoms in total. The second-order valence-electron chi connectivity index (χ2n) is 7.79. The molecule has 0 saturated heterocycles. The Balaban J connectivity index is 3.15. The van der Waals surface area contributed by atoms with Gasteiger partial charge in [-0.15, -0.1) is 0 Å². The molecule has 0 bridgehead atoms. The Morgan fingerprint density at radius 3 is 1.44 bits per heavy atom. The summed E-state index contributed by atoms with van der Waals surface area (Å²) in [4.78, 5) is 11.6. The maximum absolute atomic E-state index is 11.6. The maximum atomic E-state index is 11.6. The summed E-state index contributed by atoms with van der Waals surface area (Å²) in [5.41, 5.74) is 0. The number of esters is 1. The molecule has 150 valence electrons. The molecule has 0 aliphatic carbocycles. The molecular weight excluding hydrogens is 308 g/mol. The SMILES string of the molecule is CCCCCCCCCCCCCCCCCC(=O)OC(C)CCC. The average molecular weight is 355 g/mol. The predicted molar refractivity (Wildman–Crippen MR) is 110 cm³/mol. The van der Waals surface area contributed by atoms with Gasteiger partial charge < -0.3 is 4.74 Å². The summed E-state index contributed by atoms with van der Waals surface area (Å²) < 4.78 is 5.37. The first kappa shape index (κ1) is 24.5. The van der Waals surface area contributed by atoms with Gasteiger partial charge in [0.2, 0.25) is 0 Å². The molecule has 0 N–H and O–H groups in total. The van der Waals surface area contributed by atoms with Crippen molar-refractivity contribution in [3.8, 4) is 0 Å². The lowest BCUT2D eigenvalue weighted by atomic mass is 10.0. The van der Waals surface area contributed by atoms with Gasteiger partial charge in [0.05, 0.1) is 6.10 Å². The third-order valence-corrected chi connectivity index (χ3v) is 5.01. The third kappa shape index (κ3) is 19.6. The van der Waals surface area contributed by atoms with E-state index in [2.05, 4.69) is 13.8 Å². The highest BCUT2D eigenvalue weighted by Gasteiger charge is 2.07. The average Bonchev–Trinajstić information content (AvgIpc) is 2.58. The number of carbonyl (C=O) groups excluding carboxylic acids is 1. The van der Waals surface area contributed by atoms with E-state index in [1.165, 1.54) is 89.9 Å². The topological polar surface area (TPSA) is 26.3 Å². The van der Waals surface area contributed by atoms with E-state index in [1.807, 2.05) is 6.92 Å². The molecule has 0 spiro atoms. The van der Waals surface area contributed by atoms with Crippen molar-refractivity contribution in [2.75, 3.05) is 0 Å². The second-order valence-corrected chi connectivity index (χ2v) is 7.79. The molecule has 1 atom stereocenters. The van der Waals surface area contributed by atoms with Gasteiger partial charge in [-0.2, -0.15) is 0 Å². The van der Waals surface area contributed by atoms with Crippen molar-refractivity contribution >= 4 is 5.97 Å². The molecule has 0 saturated carbocycles. The van der Waals surface area contributed by atoms with Crippen molar-refractivity contribution < 1.29 is 9.53 Å². The highest BCUT2D eigenvalue weighted by molar-refractivity contribution is 5.69. The standard InChI is InChI=1S/C23H46O2/c1-4-6-7-8-9-10-11-12-13-14-15-16-17-18-19-21-23(24)25-22(3)20-5-2/h22H,4-21H2,1-3H3. The molecule has 1 unspecified atom stereocenters. The summed E-state index contributed by atoms with van der Waals surface area (Å²) in [6.07, 6.45) is 23.1. The number of ether oxygens (including phenoxy) is 1. The van der Waals surface area contributed by atoms with Crippen molar-refractivity contribution in [1.29, 1.82) is 0 Å². The zero-order valence-electron chi connectivity index (χ0n) is 17.6. The van der Waals surface area contributed by atoms with Crippen molar-refractivity contribution in [1.82, 2.24) is 0 Å². The number of rotatable bonds is 19. The van der Waals surface area contributed by atoms with Crippen LogP contribution in [0.1, 0.15) is 136 Å². The van der Waals surface area contributed by atoms with Crippen molar-refractivity contribution in [3.63, 3.8) is 0 Å². The molecule has 0 aromatic heterocycles. The van der Waals surface area contributed by atoms with Gasteiger partial charge in [-0.05, 0) is 19.8 Å². The lowest BCUT2D eigenvalue weighted by Crippen LogP contribution is -2.14. The summed E-state index contributed by atoms with van der Waals surface area (Å²) in [5, 5.41) is 0. The molecular formula is C23H46O2.